The monoisotopic (exact) mass is 374 g/mol. The lowest BCUT2D eigenvalue weighted by atomic mass is 9.89. The molecular formula is C22H22N4O2. The van der Waals surface area contributed by atoms with Crippen molar-refractivity contribution in [1.82, 2.24) is 20.0 Å². The van der Waals surface area contributed by atoms with Crippen LogP contribution in [0.2, 0.25) is 0 Å². The molecule has 1 unspecified atom stereocenters. The Morgan fingerprint density at radius 2 is 1.75 bits per heavy atom. The third-order valence-corrected chi connectivity index (χ3v) is 6.01. The van der Waals surface area contributed by atoms with E-state index in [0.717, 1.165) is 49.1 Å². The van der Waals surface area contributed by atoms with E-state index in [4.69, 9.17) is 0 Å². The van der Waals surface area contributed by atoms with Gasteiger partial charge < -0.3 is 9.80 Å². The minimum atomic E-state index is -0.412. The first kappa shape index (κ1) is 17.1. The van der Waals surface area contributed by atoms with Crippen LogP contribution in [0.15, 0.2) is 54.2 Å². The molecule has 6 heteroatoms. The fraction of sp³-hybridized carbons (Fsp3) is 0.364. The Balaban J connectivity index is 1.37. The fourth-order valence-electron chi connectivity index (χ4n) is 4.32. The molecule has 142 valence electrons. The predicted octanol–water partition coefficient (Wildman–Crippen LogP) is 2.91. The molecule has 0 N–H and O–H groups in total. The number of benzene rings is 1. The number of rotatable bonds is 4. The summed E-state index contributed by atoms with van der Waals surface area (Å²) in [5.41, 5.74) is 3.51. The van der Waals surface area contributed by atoms with Crippen LogP contribution in [-0.2, 0) is 16.1 Å². The van der Waals surface area contributed by atoms with Gasteiger partial charge in [0, 0.05) is 17.3 Å². The van der Waals surface area contributed by atoms with Crippen molar-refractivity contribution < 1.29 is 9.59 Å². The van der Waals surface area contributed by atoms with Crippen molar-refractivity contribution in [2.75, 3.05) is 0 Å². The lowest BCUT2D eigenvalue weighted by molar-refractivity contribution is -0.159. The van der Waals surface area contributed by atoms with Gasteiger partial charge in [-0.3, -0.25) is 9.59 Å². The lowest BCUT2D eigenvalue weighted by Crippen LogP contribution is -2.60. The van der Waals surface area contributed by atoms with Crippen LogP contribution in [0.1, 0.15) is 37.8 Å². The summed E-state index contributed by atoms with van der Waals surface area (Å²) >= 11 is 0. The second kappa shape index (κ2) is 6.86. The molecule has 1 saturated carbocycles. The van der Waals surface area contributed by atoms with E-state index in [1.54, 1.807) is 9.80 Å². The largest absolute Gasteiger partial charge is 0.320 e. The number of hydrogen-bond acceptors (Lipinski definition) is 4. The number of carbonyl (C=O) groups is 2. The van der Waals surface area contributed by atoms with Crippen molar-refractivity contribution in [3.63, 3.8) is 0 Å². The van der Waals surface area contributed by atoms with E-state index in [0.29, 0.717) is 12.2 Å². The molecule has 2 heterocycles. The van der Waals surface area contributed by atoms with E-state index in [2.05, 4.69) is 16.3 Å². The molecule has 1 aromatic carbocycles. The molecular weight excluding hydrogens is 352 g/mol. The fourth-order valence-corrected chi connectivity index (χ4v) is 4.32. The van der Waals surface area contributed by atoms with E-state index >= 15 is 0 Å². The van der Waals surface area contributed by atoms with E-state index < -0.39 is 5.91 Å². The highest BCUT2D eigenvalue weighted by Crippen LogP contribution is 2.38. The van der Waals surface area contributed by atoms with Gasteiger partial charge in [-0.2, -0.15) is 10.2 Å². The molecule has 6 nitrogen and oxygen atoms in total. The normalized spacial score (nSPS) is 22.1. The van der Waals surface area contributed by atoms with Crippen molar-refractivity contribution >= 4 is 11.8 Å². The van der Waals surface area contributed by atoms with E-state index in [9.17, 15) is 9.59 Å². The van der Waals surface area contributed by atoms with E-state index in [-0.39, 0.29) is 18.0 Å². The summed E-state index contributed by atoms with van der Waals surface area (Å²) in [6.45, 7) is 0.313. The summed E-state index contributed by atoms with van der Waals surface area (Å²) in [5.74, 6) is -0.798. The van der Waals surface area contributed by atoms with Crippen molar-refractivity contribution in [2.45, 2.75) is 50.7 Å². The maximum absolute atomic E-state index is 12.9. The molecule has 5 rings (SSSR count). The highest BCUT2D eigenvalue weighted by Gasteiger charge is 2.47. The zero-order chi connectivity index (χ0) is 19.1. The molecule has 1 aromatic heterocycles. The summed E-state index contributed by atoms with van der Waals surface area (Å²) in [5, 5.41) is 8.63. The first-order valence-corrected chi connectivity index (χ1v) is 9.94. The topological polar surface area (TPSA) is 66.4 Å². The number of nitrogens with zero attached hydrogens (tertiary/aromatic N) is 4. The quantitative estimate of drug-likeness (QED) is 0.772. The predicted molar refractivity (Wildman–Crippen MR) is 104 cm³/mol. The summed E-state index contributed by atoms with van der Waals surface area (Å²) in [6.07, 6.45) is 7.02. The molecule has 2 amide bonds. The second-order valence-electron chi connectivity index (χ2n) is 7.69. The van der Waals surface area contributed by atoms with Crippen LogP contribution in [0.25, 0.3) is 11.3 Å². The Kier molecular flexibility index (Phi) is 4.19. The maximum atomic E-state index is 12.9. The highest BCUT2D eigenvalue weighted by atomic mass is 16.2. The Morgan fingerprint density at radius 3 is 2.43 bits per heavy atom. The van der Waals surface area contributed by atoms with Gasteiger partial charge in [0.1, 0.15) is 0 Å². The molecule has 1 saturated heterocycles. The van der Waals surface area contributed by atoms with E-state index in [1.165, 1.54) is 0 Å². The highest BCUT2D eigenvalue weighted by molar-refractivity contribution is 6.36. The summed E-state index contributed by atoms with van der Waals surface area (Å²) in [7, 11) is 0. The van der Waals surface area contributed by atoms with Gasteiger partial charge >= 0.3 is 11.8 Å². The average Bonchev–Trinajstić information content (AvgIpc) is 3.17. The van der Waals surface area contributed by atoms with Crippen LogP contribution in [0.4, 0.5) is 0 Å². The Bertz CT molecular complexity index is 935. The molecule has 1 aliphatic heterocycles. The van der Waals surface area contributed by atoms with Gasteiger partial charge in [-0.25, -0.2) is 0 Å². The van der Waals surface area contributed by atoms with Gasteiger partial charge in [0.15, 0.2) is 0 Å². The first-order chi connectivity index (χ1) is 13.7. The first-order valence-electron chi connectivity index (χ1n) is 9.94. The van der Waals surface area contributed by atoms with Gasteiger partial charge in [0.25, 0.3) is 0 Å². The Labute approximate surface area is 163 Å². The number of amides is 2. The van der Waals surface area contributed by atoms with Gasteiger partial charge in [-0.1, -0.05) is 36.4 Å². The van der Waals surface area contributed by atoms with Gasteiger partial charge in [-0.05, 0) is 44.2 Å². The van der Waals surface area contributed by atoms with Crippen LogP contribution in [-0.4, -0.2) is 43.9 Å². The molecule has 0 spiro atoms. The molecule has 2 aromatic rings. The molecule has 0 bridgehead atoms. The molecule has 2 fully saturated rings. The SMILES string of the molecule is O=C1C(=O)N(C2CCC2)C2=CCCC2N1Cc1ccc(-c2ccccc2)nn1. The van der Waals surface area contributed by atoms with Crippen molar-refractivity contribution in [2.24, 2.45) is 0 Å². The third kappa shape index (κ3) is 2.80. The number of carbonyl (C=O) groups excluding carboxylic acids is 2. The number of allylic oxidation sites excluding steroid dienone is 1. The van der Waals surface area contributed by atoms with Crippen LogP contribution < -0.4 is 0 Å². The van der Waals surface area contributed by atoms with E-state index in [1.807, 2.05) is 42.5 Å². The molecule has 0 radical (unpaired) electrons. The molecule has 1 atom stereocenters. The molecule has 3 aliphatic rings. The minimum absolute atomic E-state index is 0.0265. The summed E-state index contributed by atoms with van der Waals surface area (Å²) < 4.78 is 0. The average molecular weight is 374 g/mol. The van der Waals surface area contributed by atoms with Crippen LogP contribution >= 0.6 is 0 Å². The molecule has 2 aliphatic carbocycles. The number of aromatic nitrogens is 2. The maximum Gasteiger partial charge on any atom is 0.316 e. The summed E-state index contributed by atoms with van der Waals surface area (Å²) in [4.78, 5) is 29.1. The van der Waals surface area contributed by atoms with Crippen molar-refractivity contribution in [3.05, 3.63) is 59.9 Å². The van der Waals surface area contributed by atoms with Gasteiger partial charge in [0.05, 0.1) is 24.0 Å². The van der Waals surface area contributed by atoms with Crippen LogP contribution in [0, 0.1) is 0 Å². The number of hydrogen-bond donors (Lipinski definition) is 0. The minimum Gasteiger partial charge on any atom is -0.320 e. The molecule has 28 heavy (non-hydrogen) atoms. The van der Waals surface area contributed by atoms with Gasteiger partial charge in [-0.15, -0.1) is 0 Å². The zero-order valence-corrected chi connectivity index (χ0v) is 15.6. The zero-order valence-electron chi connectivity index (χ0n) is 15.6. The Hall–Kier alpha value is -3.02. The number of piperazine rings is 1. The van der Waals surface area contributed by atoms with Crippen LogP contribution in [0.3, 0.4) is 0 Å². The smallest absolute Gasteiger partial charge is 0.316 e. The number of fused-ring (bicyclic) bond motifs is 1. The summed E-state index contributed by atoms with van der Waals surface area (Å²) in [6, 6.07) is 13.8. The van der Waals surface area contributed by atoms with Crippen molar-refractivity contribution in [3.8, 4) is 11.3 Å². The third-order valence-electron chi connectivity index (χ3n) is 6.01. The standard InChI is InChI=1S/C22H22N4O2/c27-21-22(28)26(17-8-4-9-17)20-11-5-10-19(20)25(21)14-16-12-13-18(24-23-16)15-6-2-1-3-7-15/h1-3,6-7,11-13,17,19H,4-5,8-10,14H2. The second-order valence-corrected chi connectivity index (χ2v) is 7.69. The van der Waals surface area contributed by atoms with Gasteiger partial charge in [0.2, 0.25) is 0 Å². The van der Waals surface area contributed by atoms with Crippen molar-refractivity contribution in [1.29, 1.82) is 0 Å². The van der Waals surface area contributed by atoms with Crippen LogP contribution in [0.5, 0.6) is 0 Å². The lowest BCUT2D eigenvalue weighted by Gasteiger charge is -2.46. The Morgan fingerprint density at radius 1 is 0.929 bits per heavy atom.